The van der Waals surface area contributed by atoms with E-state index in [1.54, 1.807) is 0 Å². The van der Waals surface area contributed by atoms with Gasteiger partial charge in [0.2, 0.25) is 11.8 Å². The number of primary amides is 2. The van der Waals surface area contributed by atoms with Crippen molar-refractivity contribution in [2.75, 3.05) is 11.9 Å². The van der Waals surface area contributed by atoms with Crippen LogP contribution in [0.1, 0.15) is 12.8 Å². The Balaban J connectivity index is -0.000000101. The van der Waals surface area contributed by atoms with Gasteiger partial charge in [0.15, 0.2) is 0 Å². The number of hydrogen-bond donors (Lipinski definition) is 5. The molecule has 1 unspecified atom stereocenters. The van der Waals surface area contributed by atoms with Gasteiger partial charge in [-0.25, -0.2) is 0 Å². The Labute approximate surface area is 148 Å². The quantitative estimate of drug-likeness (QED) is 0.207. The van der Waals surface area contributed by atoms with Crippen molar-refractivity contribution < 1.29 is 19.5 Å². The first-order valence-electron chi connectivity index (χ1n) is 5.17. The summed E-state index contributed by atoms with van der Waals surface area (Å²) < 4.78 is 0. The summed E-state index contributed by atoms with van der Waals surface area (Å²) in [6, 6.07) is -0.742. The van der Waals surface area contributed by atoms with Gasteiger partial charge in [-0.05, 0) is 25.5 Å². The Kier molecular flexibility index (Phi) is 29.0. The maximum absolute atomic E-state index is 10.0. The fourth-order valence-electron chi connectivity index (χ4n) is 0.461. The third kappa shape index (κ3) is 36.0. The number of carbonyl (C=O) groups is 3. The van der Waals surface area contributed by atoms with E-state index >= 15 is 0 Å². The number of aliphatic carboxylic acids is 1. The van der Waals surface area contributed by atoms with E-state index in [-0.39, 0.29) is 40.8 Å². The van der Waals surface area contributed by atoms with Gasteiger partial charge in [0.25, 0.3) is 0 Å². The standard InChI is InChI=1S/C5H12N2O2.C3H5NO.C2H4BrNO.Na.H/c6-3-1-2-4(7)5(8)9;1-2-3(4)5;3-1-2(4)5;;/h4H,1-3,6-7H2,(H,8,9);2H,1H2,(H2,4,5);1H2,(H2,4,5);;. The molecular weight excluding hydrogens is 343 g/mol. The predicted octanol–water partition coefficient (Wildman–Crippen LogP) is -1.99. The molecule has 0 fully saturated rings. The van der Waals surface area contributed by atoms with Crippen LogP contribution in [0, 0.1) is 0 Å². The number of amides is 2. The van der Waals surface area contributed by atoms with Crippen molar-refractivity contribution in [1.29, 1.82) is 0 Å². The molecule has 114 valence electrons. The summed E-state index contributed by atoms with van der Waals surface area (Å²) in [5.74, 6) is -1.77. The molecule has 0 spiro atoms. The topological polar surface area (TPSA) is 176 Å². The van der Waals surface area contributed by atoms with E-state index in [9.17, 15) is 14.4 Å². The van der Waals surface area contributed by atoms with E-state index in [4.69, 9.17) is 16.6 Å². The van der Waals surface area contributed by atoms with E-state index in [1.807, 2.05) is 0 Å². The van der Waals surface area contributed by atoms with Crippen LogP contribution in [-0.4, -0.2) is 70.4 Å². The fourth-order valence-corrected chi connectivity index (χ4v) is 0.461. The predicted molar refractivity (Wildman–Crippen MR) is 83.4 cm³/mol. The summed E-state index contributed by atoms with van der Waals surface area (Å²) in [5.41, 5.74) is 19.4. The van der Waals surface area contributed by atoms with Crippen LogP contribution in [0.4, 0.5) is 0 Å². The summed E-state index contributed by atoms with van der Waals surface area (Å²) >= 11 is 2.84. The van der Waals surface area contributed by atoms with E-state index < -0.39 is 17.9 Å². The Morgan fingerprint density at radius 2 is 1.65 bits per heavy atom. The third-order valence-electron chi connectivity index (χ3n) is 1.37. The molecule has 0 saturated heterocycles. The third-order valence-corrected chi connectivity index (χ3v) is 1.92. The van der Waals surface area contributed by atoms with Crippen molar-refractivity contribution in [2.24, 2.45) is 22.9 Å². The van der Waals surface area contributed by atoms with Crippen molar-refractivity contribution in [2.45, 2.75) is 18.9 Å². The van der Waals surface area contributed by atoms with Crippen molar-refractivity contribution in [1.82, 2.24) is 0 Å². The van der Waals surface area contributed by atoms with Crippen LogP contribution in [0.15, 0.2) is 12.7 Å². The first-order valence-corrected chi connectivity index (χ1v) is 6.29. The van der Waals surface area contributed by atoms with Crippen LogP contribution in [0.2, 0.25) is 0 Å². The van der Waals surface area contributed by atoms with Crippen molar-refractivity contribution >= 4 is 63.3 Å². The van der Waals surface area contributed by atoms with Gasteiger partial charge in [0, 0.05) is 0 Å². The van der Waals surface area contributed by atoms with Gasteiger partial charge in [0.1, 0.15) is 6.04 Å². The van der Waals surface area contributed by atoms with Gasteiger partial charge in [-0.15, -0.1) is 0 Å². The minimum atomic E-state index is -0.955. The monoisotopic (exact) mass is 364 g/mol. The Morgan fingerprint density at radius 1 is 1.30 bits per heavy atom. The van der Waals surface area contributed by atoms with E-state index in [0.717, 1.165) is 6.08 Å². The van der Waals surface area contributed by atoms with Crippen LogP contribution in [0.25, 0.3) is 0 Å². The molecule has 0 radical (unpaired) electrons. The summed E-state index contributed by atoms with van der Waals surface area (Å²) in [6.07, 6.45) is 2.19. The molecule has 0 saturated carbocycles. The number of halogens is 1. The summed E-state index contributed by atoms with van der Waals surface area (Å²) in [5, 5.41) is 8.50. The number of nitrogens with two attached hydrogens (primary N) is 4. The summed E-state index contributed by atoms with van der Waals surface area (Å²) in [7, 11) is 0. The van der Waals surface area contributed by atoms with Gasteiger partial charge in [-0.2, -0.15) is 0 Å². The number of alkyl halides is 1. The van der Waals surface area contributed by atoms with Gasteiger partial charge in [-0.1, -0.05) is 22.5 Å². The minimum absolute atomic E-state index is 0. The van der Waals surface area contributed by atoms with E-state index in [0.29, 0.717) is 19.4 Å². The van der Waals surface area contributed by atoms with Crippen molar-refractivity contribution in [3.8, 4) is 0 Å². The maximum atomic E-state index is 10.0. The molecule has 0 heterocycles. The molecule has 0 aromatic heterocycles. The van der Waals surface area contributed by atoms with Crippen LogP contribution < -0.4 is 22.9 Å². The van der Waals surface area contributed by atoms with Gasteiger partial charge >= 0.3 is 35.5 Å². The second-order valence-electron chi connectivity index (χ2n) is 3.08. The molecule has 20 heavy (non-hydrogen) atoms. The van der Waals surface area contributed by atoms with E-state index in [1.165, 1.54) is 0 Å². The molecular formula is C10H22BrN4NaO4. The summed E-state index contributed by atoms with van der Waals surface area (Å²) in [4.78, 5) is 29.1. The number of hydrogen-bond acceptors (Lipinski definition) is 5. The average Bonchev–Trinajstić information content (AvgIpc) is 2.36. The normalized spacial score (nSPS) is 9.35. The molecule has 0 rings (SSSR count). The molecule has 0 aliphatic carbocycles. The average molecular weight is 365 g/mol. The zero-order valence-electron chi connectivity index (χ0n) is 10.5. The Morgan fingerprint density at radius 3 is 1.80 bits per heavy atom. The molecule has 9 N–H and O–H groups in total. The number of rotatable bonds is 6. The fraction of sp³-hybridized carbons (Fsp3) is 0.500. The van der Waals surface area contributed by atoms with Gasteiger partial charge in [0.05, 0.1) is 5.33 Å². The van der Waals surface area contributed by atoms with Gasteiger partial charge in [-0.3, -0.25) is 14.4 Å². The van der Waals surface area contributed by atoms with Crippen LogP contribution in [-0.2, 0) is 14.4 Å². The second kappa shape index (κ2) is 20.9. The van der Waals surface area contributed by atoms with E-state index in [2.05, 4.69) is 34.0 Å². The molecule has 0 aromatic carbocycles. The van der Waals surface area contributed by atoms with Crippen LogP contribution >= 0.6 is 15.9 Å². The molecule has 0 aromatic rings. The summed E-state index contributed by atoms with van der Waals surface area (Å²) in [6.45, 7) is 3.59. The Bertz CT molecular complexity index is 292. The second-order valence-corrected chi connectivity index (χ2v) is 3.64. The van der Waals surface area contributed by atoms with Crippen LogP contribution in [0.3, 0.4) is 0 Å². The first-order chi connectivity index (χ1) is 8.72. The molecule has 0 aliphatic heterocycles. The molecule has 2 amide bonds. The zero-order chi connectivity index (χ0) is 15.8. The SMILES string of the molecule is C=CC(N)=O.NC(=O)CBr.NCCCC(N)C(=O)O.[NaH]. The number of carboxylic acids is 1. The van der Waals surface area contributed by atoms with Crippen molar-refractivity contribution in [3.63, 3.8) is 0 Å². The molecule has 8 nitrogen and oxygen atoms in total. The zero-order valence-corrected chi connectivity index (χ0v) is 12.1. The first kappa shape index (κ1) is 27.8. The molecule has 0 bridgehead atoms. The molecule has 10 heteroatoms. The van der Waals surface area contributed by atoms with Crippen LogP contribution in [0.5, 0.6) is 0 Å². The Hall–Kier alpha value is -0.450. The molecule has 0 aliphatic rings. The van der Waals surface area contributed by atoms with Crippen molar-refractivity contribution in [3.05, 3.63) is 12.7 Å². The number of carboxylic acid groups (broad SMARTS) is 1. The molecule has 1 atom stereocenters. The number of carbonyl (C=O) groups excluding carboxylic acids is 2. The van der Waals surface area contributed by atoms with Gasteiger partial charge < -0.3 is 28.0 Å².